The predicted molar refractivity (Wildman–Crippen MR) is 74.3 cm³/mol. The maximum Gasteiger partial charge on any atom is 0.244 e. The summed E-state index contributed by atoms with van der Waals surface area (Å²) in [4.78, 5) is 4.14. The van der Waals surface area contributed by atoms with Crippen LogP contribution in [0.25, 0.3) is 0 Å². The third kappa shape index (κ3) is 3.56. The van der Waals surface area contributed by atoms with E-state index >= 15 is 0 Å². The highest BCUT2D eigenvalue weighted by molar-refractivity contribution is 7.89. The zero-order valence-electron chi connectivity index (χ0n) is 10.9. The van der Waals surface area contributed by atoms with Crippen molar-refractivity contribution in [3.8, 4) is 5.88 Å². The van der Waals surface area contributed by atoms with Gasteiger partial charge in [-0.25, -0.2) is 13.4 Å². The number of aromatic nitrogens is 1. The van der Waals surface area contributed by atoms with Gasteiger partial charge in [0.05, 0.1) is 13.3 Å². The van der Waals surface area contributed by atoms with Crippen LogP contribution in [0, 0.1) is 0 Å². The highest BCUT2D eigenvalue weighted by Crippen LogP contribution is 2.18. The molecule has 1 unspecified atom stereocenters. The van der Waals surface area contributed by atoms with Crippen molar-refractivity contribution in [3.05, 3.63) is 18.3 Å². The van der Waals surface area contributed by atoms with Crippen molar-refractivity contribution in [3.63, 3.8) is 0 Å². The standard InChI is InChI=1S/C11H17N3O3S.ClH/c1-9-8-14(6-5-12-9)18(15,16)10-3-4-11(17-2)13-7-10;/h3-4,7,9,12H,5-6,8H2,1-2H3;1H. The van der Waals surface area contributed by atoms with Gasteiger partial charge < -0.3 is 10.1 Å². The zero-order valence-corrected chi connectivity index (χ0v) is 12.5. The van der Waals surface area contributed by atoms with Crippen LogP contribution in [-0.4, -0.2) is 50.5 Å². The van der Waals surface area contributed by atoms with Gasteiger partial charge in [-0.3, -0.25) is 0 Å². The summed E-state index contributed by atoms with van der Waals surface area (Å²) in [7, 11) is -1.95. The second-order valence-electron chi connectivity index (χ2n) is 4.25. The molecule has 0 radical (unpaired) electrons. The Kier molecular flexibility index (Phi) is 5.54. The summed E-state index contributed by atoms with van der Waals surface area (Å²) in [6.45, 7) is 3.60. The maximum absolute atomic E-state index is 12.3. The number of methoxy groups -OCH3 is 1. The number of nitrogens with one attached hydrogen (secondary N) is 1. The van der Waals surface area contributed by atoms with Gasteiger partial charge in [0.1, 0.15) is 4.90 Å². The maximum atomic E-state index is 12.3. The summed E-state index contributed by atoms with van der Waals surface area (Å²) in [6, 6.07) is 3.24. The van der Waals surface area contributed by atoms with E-state index in [1.54, 1.807) is 6.07 Å². The Morgan fingerprint density at radius 1 is 1.47 bits per heavy atom. The molecule has 1 aliphatic heterocycles. The molecule has 1 saturated heterocycles. The van der Waals surface area contributed by atoms with Crippen LogP contribution in [0.4, 0.5) is 0 Å². The van der Waals surface area contributed by atoms with E-state index in [1.807, 2.05) is 6.92 Å². The molecule has 1 aromatic rings. The topological polar surface area (TPSA) is 71.5 Å². The first-order chi connectivity index (χ1) is 8.54. The Balaban J connectivity index is 0.00000180. The highest BCUT2D eigenvalue weighted by Gasteiger charge is 2.28. The van der Waals surface area contributed by atoms with Gasteiger partial charge in [0.15, 0.2) is 0 Å². The second kappa shape index (κ2) is 6.51. The molecule has 0 aliphatic carbocycles. The van der Waals surface area contributed by atoms with Gasteiger partial charge in [0.2, 0.25) is 15.9 Å². The summed E-state index contributed by atoms with van der Waals surface area (Å²) < 4.78 is 31.1. The SMILES string of the molecule is COc1ccc(S(=O)(=O)N2CCNC(C)C2)cn1.Cl. The van der Waals surface area contributed by atoms with Crippen molar-refractivity contribution in [1.29, 1.82) is 0 Å². The molecular weight excluding hydrogens is 290 g/mol. The number of sulfonamides is 1. The average Bonchev–Trinajstić information content (AvgIpc) is 2.39. The first-order valence-corrected chi connectivity index (χ1v) is 7.21. The van der Waals surface area contributed by atoms with E-state index in [2.05, 4.69) is 10.3 Å². The van der Waals surface area contributed by atoms with Crippen LogP contribution in [0.2, 0.25) is 0 Å². The van der Waals surface area contributed by atoms with Crippen molar-refractivity contribution in [2.75, 3.05) is 26.7 Å². The summed E-state index contributed by atoms with van der Waals surface area (Å²) in [5, 5.41) is 3.21. The molecule has 19 heavy (non-hydrogen) atoms. The van der Waals surface area contributed by atoms with E-state index in [9.17, 15) is 8.42 Å². The number of piperazine rings is 1. The molecule has 0 spiro atoms. The monoisotopic (exact) mass is 307 g/mol. The van der Waals surface area contributed by atoms with Crippen LogP contribution >= 0.6 is 12.4 Å². The van der Waals surface area contributed by atoms with Crippen molar-refractivity contribution in [1.82, 2.24) is 14.6 Å². The molecule has 1 N–H and O–H groups in total. The van der Waals surface area contributed by atoms with Gasteiger partial charge in [0, 0.05) is 31.7 Å². The average molecular weight is 308 g/mol. The minimum atomic E-state index is -3.44. The van der Waals surface area contributed by atoms with Crippen molar-refractivity contribution in [2.24, 2.45) is 0 Å². The fourth-order valence-corrected chi connectivity index (χ4v) is 3.38. The third-order valence-electron chi connectivity index (χ3n) is 2.89. The molecule has 0 saturated carbocycles. The fraction of sp³-hybridized carbons (Fsp3) is 0.545. The number of ether oxygens (including phenoxy) is 1. The Bertz CT molecular complexity index is 506. The van der Waals surface area contributed by atoms with Crippen molar-refractivity contribution in [2.45, 2.75) is 17.9 Å². The molecule has 0 aromatic carbocycles. The molecule has 2 heterocycles. The first kappa shape index (κ1) is 16.2. The molecular formula is C11H18ClN3O3S. The lowest BCUT2D eigenvalue weighted by atomic mass is 10.3. The fourth-order valence-electron chi connectivity index (χ4n) is 1.90. The van der Waals surface area contributed by atoms with Gasteiger partial charge in [-0.15, -0.1) is 12.4 Å². The quantitative estimate of drug-likeness (QED) is 0.880. The van der Waals surface area contributed by atoms with Gasteiger partial charge in [0.25, 0.3) is 0 Å². The molecule has 0 amide bonds. The summed E-state index contributed by atoms with van der Waals surface area (Å²) >= 11 is 0. The van der Waals surface area contributed by atoms with Crippen LogP contribution in [0.3, 0.4) is 0 Å². The van der Waals surface area contributed by atoms with Crippen LogP contribution in [0.1, 0.15) is 6.92 Å². The van der Waals surface area contributed by atoms with Crippen molar-refractivity contribution < 1.29 is 13.2 Å². The molecule has 1 atom stereocenters. The first-order valence-electron chi connectivity index (χ1n) is 5.77. The minimum Gasteiger partial charge on any atom is -0.481 e. The molecule has 8 heteroatoms. The van der Waals surface area contributed by atoms with E-state index in [1.165, 1.54) is 23.7 Å². The van der Waals surface area contributed by atoms with Crippen LogP contribution < -0.4 is 10.1 Å². The smallest absolute Gasteiger partial charge is 0.244 e. The third-order valence-corrected chi connectivity index (χ3v) is 4.74. The largest absolute Gasteiger partial charge is 0.481 e. The minimum absolute atomic E-state index is 0. The van der Waals surface area contributed by atoms with Crippen LogP contribution in [-0.2, 0) is 10.0 Å². The lowest BCUT2D eigenvalue weighted by Gasteiger charge is -2.30. The van der Waals surface area contributed by atoms with Crippen molar-refractivity contribution >= 4 is 22.4 Å². The van der Waals surface area contributed by atoms with E-state index in [-0.39, 0.29) is 23.3 Å². The number of rotatable bonds is 3. The Morgan fingerprint density at radius 3 is 2.74 bits per heavy atom. The lowest BCUT2D eigenvalue weighted by Crippen LogP contribution is -2.51. The summed E-state index contributed by atoms with van der Waals surface area (Å²) in [5.41, 5.74) is 0. The molecule has 108 valence electrons. The molecule has 0 bridgehead atoms. The Labute approximate surface area is 119 Å². The summed E-state index contributed by atoms with van der Waals surface area (Å²) in [6.07, 6.45) is 1.33. The van der Waals surface area contributed by atoms with E-state index in [4.69, 9.17) is 4.74 Å². The van der Waals surface area contributed by atoms with E-state index < -0.39 is 10.0 Å². The Morgan fingerprint density at radius 2 is 2.21 bits per heavy atom. The Hall–Kier alpha value is -0.890. The molecule has 6 nitrogen and oxygen atoms in total. The molecule has 2 rings (SSSR count). The number of hydrogen-bond acceptors (Lipinski definition) is 5. The van der Waals surface area contributed by atoms with Gasteiger partial charge in [-0.2, -0.15) is 4.31 Å². The lowest BCUT2D eigenvalue weighted by molar-refractivity contribution is 0.310. The molecule has 1 aliphatic rings. The summed E-state index contributed by atoms with van der Waals surface area (Å²) in [5.74, 6) is 0.405. The van der Waals surface area contributed by atoms with Gasteiger partial charge in [-0.05, 0) is 13.0 Å². The van der Waals surface area contributed by atoms with Gasteiger partial charge >= 0.3 is 0 Å². The van der Waals surface area contributed by atoms with Gasteiger partial charge in [-0.1, -0.05) is 0 Å². The number of halogens is 1. The normalized spacial score (nSPS) is 20.6. The van der Waals surface area contributed by atoms with Crippen LogP contribution in [0.5, 0.6) is 5.88 Å². The molecule has 1 aromatic heterocycles. The number of hydrogen-bond donors (Lipinski definition) is 1. The molecule has 1 fully saturated rings. The predicted octanol–water partition coefficient (Wildman–Crippen LogP) is 0.494. The highest BCUT2D eigenvalue weighted by atomic mass is 35.5. The van der Waals surface area contributed by atoms with E-state index in [0.717, 1.165) is 0 Å². The second-order valence-corrected chi connectivity index (χ2v) is 6.19. The zero-order chi connectivity index (χ0) is 13.2. The number of pyridine rings is 1. The van der Waals surface area contributed by atoms with Crippen LogP contribution in [0.15, 0.2) is 23.2 Å². The number of nitrogens with zero attached hydrogens (tertiary/aromatic N) is 2. The van der Waals surface area contributed by atoms with E-state index in [0.29, 0.717) is 25.5 Å².